The highest BCUT2D eigenvalue weighted by Gasteiger charge is 2.18. The highest BCUT2D eigenvalue weighted by atomic mass is 79.9. The molecule has 1 aromatic rings. The standard InChI is InChI=1S/C16H23BrO2/c1-18-15-10-8-13(11-16(15)19-2)14(17)9-7-12-5-3-4-6-12/h8,10-12,14H,3-7,9H2,1-2H3. The molecule has 1 saturated carbocycles. The summed E-state index contributed by atoms with van der Waals surface area (Å²) < 4.78 is 10.6. The van der Waals surface area contributed by atoms with Crippen LogP contribution in [-0.4, -0.2) is 14.2 Å². The summed E-state index contributed by atoms with van der Waals surface area (Å²) in [4.78, 5) is 0.410. The van der Waals surface area contributed by atoms with Gasteiger partial charge >= 0.3 is 0 Å². The van der Waals surface area contributed by atoms with Gasteiger partial charge < -0.3 is 9.47 Å². The first kappa shape index (κ1) is 14.7. The summed E-state index contributed by atoms with van der Waals surface area (Å²) in [7, 11) is 3.35. The van der Waals surface area contributed by atoms with Crippen LogP contribution in [0, 0.1) is 5.92 Å². The lowest BCUT2D eigenvalue weighted by atomic mass is 9.98. The minimum atomic E-state index is 0.410. The van der Waals surface area contributed by atoms with Crippen LogP contribution < -0.4 is 9.47 Å². The summed E-state index contributed by atoms with van der Waals surface area (Å²) in [5.74, 6) is 2.55. The third-order valence-electron chi connectivity index (χ3n) is 4.07. The molecule has 0 aromatic heterocycles. The fourth-order valence-electron chi connectivity index (χ4n) is 2.90. The zero-order valence-electron chi connectivity index (χ0n) is 11.8. The van der Waals surface area contributed by atoms with Gasteiger partial charge in [0, 0.05) is 4.83 Å². The van der Waals surface area contributed by atoms with E-state index in [-0.39, 0.29) is 0 Å². The van der Waals surface area contributed by atoms with Crippen LogP contribution in [0.15, 0.2) is 18.2 Å². The Morgan fingerprint density at radius 1 is 1.16 bits per heavy atom. The Morgan fingerprint density at radius 3 is 2.47 bits per heavy atom. The third kappa shape index (κ3) is 3.88. The Bertz CT molecular complexity index is 400. The van der Waals surface area contributed by atoms with Gasteiger partial charge in [-0.2, -0.15) is 0 Å². The van der Waals surface area contributed by atoms with Crippen LogP contribution in [0.4, 0.5) is 0 Å². The average Bonchev–Trinajstić information content (AvgIpc) is 2.97. The Morgan fingerprint density at radius 2 is 1.84 bits per heavy atom. The fraction of sp³-hybridized carbons (Fsp3) is 0.625. The van der Waals surface area contributed by atoms with Crippen molar-refractivity contribution in [2.24, 2.45) is 5.92 Å². The normalized spacial score (nSPS) is 17.4. The van der Waals surface area contributed by atoms with Crippen LogP contribution in [0.5, 0.6) is 11.5 Å². The molecule has 1 fully saturated rings. The number of hydrogen-bond acceptors (Lipinski definition) is 2. The van der Waals surface area contributed by atoms with Crippen molar-refractivity contribution in [1.82, 2.24) is 0 Å². The Hall–Kier alpha value is -0.700. The van der Waals surface area contributed by atoms with Gasteiger partial charge in [-0.05, 0) is 36.5 Å². The molecule has 0 aliphatic heterocycles. The fourth-order valence-corrected chi connectivity index (χ4v) is 3.44. The molecule has 0 saturated heterocycles. The van der Waals surface area contributed by atoms with Crippen LogP contribution in [-0.2, 0) is 0 Å². The van der Waals surface area contributed by atoms with E-state index in [0.717, 1.165) is 17.4 Å². The Balaban J connectivity index is 1.95. The van der Waals surface area contributed by atoms with E-state index in [2.05, 4.69) is 28.1 Å². The molecule has 0 spiro atoms. The molecule has 106 valence electrons. The van der Waals surface area contributed by atoms with Crippen molar-refractivity contribution in [3.8, 4) is 11.5 Å². The van der Waals surface area contributed by atoms with Gasteiger partial charge in [0.05, 0.1) is 14.2 Å². The predicted octanol–water partition coefficient (Wildman–Crippen LogP) is 5.11. The monoisotopic (exact) mass is 326 g/mol. The van der Waals surface area contributed by atoms with Crippen molar-refractivity contribution in [2.45, 2.75) is 43.4 Å². The molecule has 0 radical (unpaired) electrons. The van der Waals surface area contributed by atoms with E-state index < -0.39 is 0 Å². The molecule has 0 bridgehead atoms. The maximum absolute atomic E-state index is 5.36. The van der Waals surface area contributed by atoms with Crippen LogP contribution in [0.3, 0.4) is 0 Å². The van der Waals surface area contributed by atoms with Crippen LogP contribution in [0.1, 0.15) is 48.9 Å². The minimum Gasteiger partial charge on any atom is -0.493 e. The topological polar surface area (TPSA) is 18.5 Å². The molecule has 2 nitrogen and oxygen atoms in total. The first-order chi connectivity index (χ1) is 9.24. The zero-order valence-corrected chi connectivity index (χ0v) is 13.4. The molecule has 1 aliphatic carbocycles. The van der Waals surface area contributed by atoms with Gasteiger partial charge in [0.25, 0.3) is 0 Å². The van der Waals surface area contributed by atoms with Gasteiger partial charge in [-0.15, -0.1) is 0 Å². The number of methoxy groups -OCH3 is 2. The predicted molar refractivity (Wildman–Crippen MR) is 82.4 cm³/mol. The van der Waals surface area contributed by atoms with E-state index in [9.17, 15) is 0 Å². The van der Waals surface area contributed by atoms with Crippen molar-refractivity contribution in [3.63, 3.8) is 0 Å². The largest absolute Gasteiger partial charge is 0.493 e. The van der Waals surface area contributed by atoms with Gasteiger partial charge in [0.15, 0.2) is 11.5 Å². The minimum absolute atomic E-state index is 0.410. The van der Waals surface area contributed by atoms with Crippen LogP contribution in [0.2, 0.25) is 0 Å². The number of rotatable bonds is 6. The molecule has 0 heterocycles. The van der Waals surface area contributed by atoms with Crippen molar-refractivity contribution < 1.29 is 9.47 Å². The van der Waals surface area contributed by atoms with E-state index in [1.807, 2.05) is 6.07 Å². The van der Waals surface area contributed by atoms with E-state index in [1.165, 1.54) is 44.1 Å². The van der Waals surface area contributed by atoms with Gasteiger partial charge in [-0.3, -0.25) is 0 Å². The molecule has 2 rings (SSSR count). The quantitative estimate of drug-likeness (QED) is 0.676. The van der Waals surface area contributed by atoms with Crippen LogP contribution in [0.25, 0.3) is 0 Å². The van der Waals surface area contributed by atoms with E-state index in [4.69, 9.17) is 9.47 Å². The lowest BCUT2D eigenvalue weighted by molar-refractivity contribution is 0.354. The summed E-state index contributed by atoms with van der Waals surface area (Å²) in [5, 5.41) is 0. The maximum atomic E-state index is 5.36. The van der Waals surface area contributed by atoms with E-state index in [1.54, 1.807) is 14.2 Å². The van der Waals surface area contributed by atoms with E-state index in [0.29, 0.717) is 4.83 Å². The second-order valence-electron chi connectivity index (χ2n) is 5.31. The summed E-state index contributed by atoms with van der Waals surface area (Å²) in [6.07, 6.45) is 8.21. The molecule has 0 N–H and O–H groups in total. The molecule has 1 unspecified atom stereocenters. The molecule has 3 heteroatoms. The smallest absolute Gasteiger partial charge is 0.161 e. The number of hydrogen-bond donors (Lipinski definition) is 0. The first-order valence-corrected chi connectivity index (χ1v) is 8.02. The Kier molecular flexibility index (Phi) is 5.56. The van der Waals surface area contributed by atoms with Gasteiger partial charge in [0.2, 0.25) is 0 Å². The highest BCUT2D eigenvalue weighted by Crippen LogP contribution is 2.37. The second-order valence-corrected chi connectivity index (χ2v) is 6.42. The summed E-state index contributed by atoms with van der Waals surface area (Å²) >= 11 is 3.81. The molecule has 0 amide bonds. The molecular formula is C16H23BrO2. The zero-order chi connectivity index (χ0) is 13.7. The maximum Gasteiger partial charge on any atom is 0.161 e. The van der Waals surface area contributed by atoms with Gasteiger partial charge in [-0.25, -0.2) is 0 Å². The number of halogens is 1. The van der Waals surface area contributed by atoms with Crippen molar-refractivity contribution in [1.29, 1.82) is 0 Å². The van der Waals surface area contributed by atoms with Crippen LogP contribution >= 0.6 is 15.9 Å². The highest BCUT2D eigenvalue weighted by molar-refractivity contribution is 9.09. The summed E-state index contributed by atoms with van der Waals surface area (Å²) in [6, 6.07) is 6.18. The third-order valence-corrected chi connectivity index (χ3v) is 5.06. The molecule has 1 atom stereocenters. The molecular weight excluding hydrogens is 304 g/mol. The SMILES string of the molecule is COc1ccc(C(Br)CCC2CCCC2)cc1OC. The molecule has 1 aromatic carbocycles. The van der Waals surface area contributed by atoms with Gasteiger partial charge in [0.1, 0.15) is 0 Å². The number of alkyl halides is 1. The van der Waals surface area contributed by atoms with Crippen molar-refractivity contribution >= 4 is 15.9 Å². The first-order valence-electron chi connectivity index (χ1n) is 7.10. The number of benzene rings is 1. The summed E-state index contributed by atoms with van der Waals surface area (Å²) in [6.45, 7) is 0. The van der Waals surface area contributed by atoms with Gasteiger partial charge in [-0.1, -0.05) is 47.7 Å². The lowest BCUT2D eigenvalue weighted by Crippen LogP contribution is -1.98. The molecule has 1 aliphatic rings. The summed E-state index contributed by atoms with van der Waals surface area (Å²) in [5.41, 5.74) is 1.27. The average molecular weight is 327 g/mol. The Labute approximate surface area is 124 Å². The lowest BCUT2D eigenvalue weighted by Gasteiger charge is -2.15. The number of ether oxygens (including phenoxy) is 2. The molecule has 19 heavy (non-hydrogen) atoms. The van der Waals surface area contributed by atoms with E-state index >= 15 is 0 Å². The second kappa shape index (κ2) is 7.18. The van der Waals surface area contributed by atoms with Crippen molar-refractivity contribution in [3.05, 3.63) is 23.8 Å². The van der Waals surface area contributed by atoms with Crippen molar-refractivity contribution in [2.75, 3.05) is 14.2 Å².